The van der Waals surface area contributed by atoms with Gasteiger partial charge in [-0.1, -0.05) is 25.4 Å². The van der Waals surface area contributed by atoms with Gasteiger partial charge in [-0.3, -0.25) is 4.79 Å². The third kappa shape index (κ3) is 4.82. The molecule has 1 aromatic carbocycles. The molecule has 0 unspecified atom stereocenters. The summed E-state index contributed by atoms with van der Waals surface area (Å²) >= 11 is 5.85. The molecule has 3 heteroatoms. The number of carbonyl (C=O) groups excluding carboxylic acids is 1. The number of halogens is 1. The molecule has 0 heterocycles. The summed E-state index contributed by atoms with van der Waals surface area (Å²) in [6, 6.07) is 7.82. The summed E-state index contributed by atoms with van der Waals surface area (Å²) in [6.07, 6.45) is 5.65. The number of rotatable bonds is 5. The highest BCUT2D eigenvalue weighted by molar-refractivity contribution is 6.30. The molecule has 116 valence electrons. The van der Waals surface area contributed by atoms with Crippen LogP contribution in [0.5, 0.6) is 0 Å². The molecule has 0 atom stereocenters. The fraction of sp³-hybridized carbons (Fsp3) is 0.611. The SMILES string of the molecule is CN(CCC(=O)c1ccc(Cl)cc1)C1CCC(C)(C)CC1. The summed E-state index contributed by atoms with van der Waals surface area (Å²) in [7, 11) is 2.15. The van der Waals surface area contributed by atoms with Crippen molar-refractivity contribution in [2.75, 3.05) is 13.6 Å². The van der Waals surface area contributed by atoms with E-state index in [0.717, 1.165) is 12.1 Å². The van der Waals surface area contributed by atoms with Crippen molar-refractivity contribution in [2.24, 2.45) is 5.41 Å². The first kappa shape index (κ1) is 16.5. The van der Waals surface area contributed by atoms with Crippen LogP contribution < -0.4 is 0 Å². The Hall–Kier alpha value is -0.860. The summed E-state index contributed by atoms with van der Waals surface area (Å²) < 4.78 is 0. The summed E-state index contributed by atoms with van der Waals surface area (Å²) in [6.45, 7) is 5.55. The molecule has 0 N–H and O–H groups in total. The minimum atomic E-state index is 0.203. The third-order valence-corrected chi connectivity index (χ3v) is 5.04. The minimum absolute atomic E-state index is 0.203. The van der Waals surface area contributed by atoms with Crippen LogP contribution in [-0.4, -0.2) is 30.3 Å². The van der Waals surface area contributed by atoms with Gasteiger partial charge in [0.1, 0.15) is 0 Å². The first-order valence-electron chi connectivity index (χ1n) is 7.86. The Morgan fingerprint density at radius 2 is 1.81 bits per heavy atom. The molecule has 1 fully saturated rings. The third-order valence-electron chi connectivity index (χ3n) is 4.79. The van der Waals surface area contributed by atoms with E-state index in [0.29, 0.717) is 22.9 Å². The Morgan fingerprint density at radius 1 is 1.24 bits per heavy atom. The molecular weight excluding hydrogens is 282 g/mol. The monoisotopic (exact) mass is 307 g/mol. The second-order valence-corrected chi connectivity index (χ2v) is 7.49. The highest BCUT2D eigenvalue weighted by Gasteiger charge is 2.28. The molecule has 1 aliphatic rings. The van der Waals surface area contributed by atoms with Crippen molar-refractivity contribution in [1.29, 1.82) is 0 Å². The van der Waals surface area contributed by atoms with Crippen LogP contribution >= 0.6 is 11.6 Å². The highest BCUT2D eigenvalue weighted by Crippen LogP contribution is 2.36. The molecule has 0 spiro atoms. The summed E-state index contributed by atoms with van der Waals surface area (Å²) in [5.74, 6) is 0.203. The van der Waals surface area contributed by atoms with E-state index in [-0.39, 0.29) is 5.78 Å². The van der Waals surface area contributed by atoms with E-state index in [1.165, 1.54) is 25.7 Å². The molecule has 21 heavy (non-hydrogen) atoms. The van der Waals surface area contributed by atoms with Gasteiger partial charge in [-0.25, -0.2) is 0 Å². The molecule has 0 bridgehead atoms. The largest absolute Gasteiger partial charge is 0.303 e. The number of hydrogen-bond donors (Lipinski definition) is 0. The first-order valence-corrected chi connectivity index (χ1v) is 8.24. The lowest BCUT2D eigenvalue weighted by Gasteiger charge is -2.38. The lowest BCUT2D eigenvalue weighted by Crippen LogP contribution is -2.38. The van der Waals surface area contributed by atoms with Crippen LogP contribution in [0.25, 0.3) is 0 Å². The van der Waals surface area contributed by atoms with Gasteiger partial charge in [-0.15, -0.1) is 0 Å². The number of Topliss-reactive ketones (excluding diaryl/α,β-unsaturated/α-hetero) is 1. The van der Waals surface area contributed by atoms with Crippen molar-refractivity contribution in [3.8, 4) is 0 Å². The van der Waals surface area contributed by atoms with Crippen molar-refractivity contribution >= 4 is 17.4 Å². The molecule has 1 aromatic rings. The average Bonchev–Trinajstić information content (AvgIpc) is 2.45. The maximum absolute atomic E-state index is 12.2. The van der Waals surface area contributed by atoms with Crippen LogP contribution in [0.3, 0.4) is 0 Å². The van der Waals surface area contributed by atoms with Crippen molar-refractivity contribution in [1.82, 2.24) is 4.90 Å². The van der Waals surface area contributed by atoms with Gasteiger partial charge in [0, 0.05) is 29.6 Å². The zero-order valence-electron chi connectivity index (χ0n) is 13.4. The summed E-state index contributed by atoms with van der Waals surface area (Å²) in [5.41, 5.74) is 1.26. The van der Waals surface area contributed by atoms with Gasteiger partial charge in [0.05, 0.1) is 0 Å². The second-order valence-electron chi connectivity index (χ2n) is 7.06. The van der Waals surface area contributed by atoms with Gasteiger partial charge in [-0.05, 0) is 62.4 Å². The Balaban J connectivity index is 1.80. The lowest BCUT2D eigenvalue weighted by atomic mass is 9.75. The number of benzene rings is 1. The normalized spacial score (nSPS) is 18.9. The molecular formula is C18H26ClNO. The van der Waals surface area contributed by atoms with Gasteiger partial charge in [0.25, 0.3) is 0 Å². The predicted octanol–water partition coefficient (Wildman–Crippen LogP) is 4.81. The molecule has 0 aromatic heterocycles. The van der Waals surface area contributed by atoms with Gasteiger partial charge < -0.3 is 4.90 Å². The number of carbonyl (C=O) groups is 1. The molecule has 0 amide bonds. The molecule has 0 radical (unpaired) electrons. The molecule has 1 aliphatic carbocycles. The Bertz CT molecular complexity index is 470. The Morgan fingerprint density at radius 3 is 2.38 bits per heavy atom. The van der Waals surface area contributed by atoms with Crippen LogP contribution in [0.15, 0.2) is 24.3 Å². The van der Waals surface area contributed by atoms with Crippen LogP contribution in [0.2, 0.25) is 5.02 Å². The summed E-state index contributed by atoms with van der Waals surface area (Å²) in [4.78, 5) is 14.5. The number of nitrogens with zero attached hydrogens (tertiary/aromatic N) is 1. The molecule has 0 aliphatic heterocycles. The number of ketones is 1. The second kappa shape index (κ2) is 6.93. The van der Waals surface area contributed by atoms with Crippen molar-refractivity contribution < 1.29 is 4.79 Å². The quantitative estimate of drug-likeness (QED) is 0.727. The standard InChI is InChI=1S/C18H26ClNO/c1-18(2)11-8-16(9-12-18)20(3)13-10-17(21)14-4-6-15(19)7-5-14/h4-7,16H,8-13H2,1-3H3. The van der Waals surface area contributed by atoms with Gasteiger partial charge in [-0.2, -0.15) is 0 Å². The summed E-state index contributed by atoms with van der Waals surface area (Å²) in [5, 5.41) is 0.675. The average molecular weight is 308 g/mol. The van der Waals surface area contributed by atoms with Crippen LogP contribution in [0.1, 0.15) is 56.3 Å². The van der Waals surface area contributed by atoms with Crippen LogP contribution in [-0.2, 0) is 0 Å². The number of hydrogen-bond acceptors (Lipinski definition) is 2. The predicted molar refractivity (Wildman–Crippen MR) is 89.1 cm³/mol. The first-order chi connectivity index (χ1) is 9.87. The van der Waals surface area contributed by atoms with E-state index in [4.69, 9.17) is 11.6 Å². The van der Waals surface area contributed by atoms with E-state index >= 15 is 0 Å². The fourth-order valence-corrected chi connectivity index (χ4v) is 3.19. The van der Waals surface area contributed by atoms with E-state index in [1.54, 1.807) is 12.1 Å². The zero-order chi connectivity index (χ0) is 15.5. The zero-order valence-corrected chi connectivity index (χ0v) is 14.1. The molecule has 0 saturated heterocycles. The van der Waals surface area contributed by atoms with Gasteiger partial charge >= 0.3 is 0 Å². The molecule has 2 rings (SSSR count). The van der Waals surface area contributed by atoms with Crippen molar-refractivity contribution in [3.05, 3.63) is 34.9 Å². The van der Waals surface area contributed by atoms with E-state index in [9.17, 15) is 4.79 Å². The Labute approximate surface area is 133 Å². The molecule has 2 nitrogen and oxygen atoms in total. The van der Waals surface area contributed by atoms with Gasteiger partial charge in [0.2, 0.25) is 0 Å². The minimum Gasteiger partial charge on any atom is -0.303 e. The van der Waals surface area contributed by atoms with E-state index in [1.807, 2.05) is 12.1 Å². The van der Waals surface area contributed by atoms with Crippen LogP contribution in [0, 0.1) is 5.41 Å². The molecule has 1 saturated carbocycles. The van der Waals surface area contributed by atoms with Crippen molar-refractivity contribution in [3.63, 3.8) is 0 Å². The maximum atomic E-state index is 12.2. The van der Waals surface area contributed by atoms with E-state index in [2.05, 4.69) is 25.8 Å². The maximum Gasteiger partial charge on any atom is 0.164 e. The fourth-order valence-electron chi connectivity index (χ4n) is 3.07. The lowest BCUT2D eigenvalue weighted by molar-refractivity contribution is 0.0925. The highest BCUT2D eigenvalue weighted by atomic mass is 35.5. The topological polar surface area (TPSA) is 20.3 Å². The van der Waals surface area contributed by atoms with E-state index < -0.39 is 0 Å². The van der Waals surface area contributed by atoms with Crippen LogP contribution in [0.4, 0.5) is 0 Å². The smallest absolute Gasteiger partial charge is 0.164 e. The van der Waals surface area contributed by atoms with Crippen molar-refractivity contribution in [2.45, 2.75) is 52.0 Å². The Kier molecular flexibility index (Phi) is 5.45. The van der Waals surface area contributed by atoms with Gasteiger partial charge in [0.15, 0.2) is 5.78 Å².